The summed E-state index contributed by atoms with van der Waals surface area (Å²) in [5.74, 6) is 0.0946. The lowest BCUT2D eigenvalue weighted by atomic mass is 10.00. The average molecular weight is 291 g/mol. The molecule has 0 saturated carbocycles. The van der Waals surface area contributed by atoms with Gasteiger partial charge in [-0.2, -0.15) is 0 Å². The van der Waals surface area contributed by atoms with Crippen LogP contribution in [-0.4, -0.2) is 11.7 Å². The van der Waals surface area contributed by atoms with Gasteiger partial charge >= 0.3 is 0 Å². The predicted octanol–water partition coefficient (Wildman–Crippen LogP) is 3.93. The summed E-state index contributed by atoms with van der Waals surface area (Å²) in [6, 6.07) is 13.7. The molecule has 2 aromatic rings. The van der Waals surface area contributed by atoms with E-state index in [0.717, 1.165) is 41.6 Å². The molecule has 0 saturated heterocycles. The summed E-state index contributed by atoms with van der Waals surface area (Å²) in [5.41, 5.74) is 4.66. The van der Waals surface area contributed by atoms with Crippen LogP contribution in [0.25, 0.3) is 0 Å². The van der Waals surface area contributed by atoms with Crippen molar-refractivity contribution in [2.45, 2.75) is 32.2 Å². The number of benzene rings is 2. The Morgan fingerprint density at radius 2 is 2.00 bits per heavy atom. The van der Waals surface area contributed by atoms with Crippen molar-refractivity contribution in [2.24, 2.45) is 0 Å². The lowest BCUT2D eigenvalue weighted by Crippen LogP contribution is -2.27. The Morgan fingerprint density at radius 3 is 2.82 bits per heavy atom. The van der Waals surface area contributed by atoms with Gasteiger partial charge in [-0.25, -0.2) is 0 Å². The highest BCUT2D eigenvalue weighted by atomic mass is 16.2. The number of amides is 1. The SMILES string of the molecule is CC(=O)c1ccc2c(c1)N1C(=O)c3ccccc3C1CCC2. The molecule has 0 spiro atoms. The van der Waals surface area contributed by atoms with Gasteiger partial charge in [-0.1, -0.05) is 30.3 Å². The normalized spacial score (nSPS) is 19.2. The molecule has 1 unspecified atom stereocenters. The number of Topliss-reactive ketones (excluding diaryl/α,β-unsaturated/α-hetero) is 1. The molecule has 2 aromatic carbocycles. The molecule has 1 atom stereocenters. The number of fused-ring (bicyclic) bond motifs is 5. The number of hydrogen-bond donors (Lipinski definition) is 0. The predicted molar refractivity (Wildman–Crippen MR) is 85.4 cm³/mol. The van der Waals surface area contributed by atoms with Crippen LogP contribution in [0.4, 0.5) is 5.69 Å². The fraction of sp³-hybridized carbons (Fsp3) is 0.263. The van der Waals surface area contributed by atoms with Crippen LogP contribution in [0.15, 0.2) is 42.5 Å². The summed E-state index contributed by atoms with van der Waals surface area (Å²) in [6.45, 7) is 1.57. The van der Waals surface area contributed by atoms with Gasteiger partial charge < -0.3 is 4.90 Å². The third kappa shape index (κ3) is 1.82. The Morgan fingerprint density at radius 1 is 1.18 bits per heavy atom. The molecule has 22 heavy (non-hydrogen) atoms. The van der Waals surface area contributed by atoms with E-state index in [9.17, 15) is 9.59 Å². The van der Waals surface area contributed by atoms with E-state index in [4.69, 9.17) is 0 Å². The second-order valence-electron chi connectivity index (χ2n) is 6.07. The number of carbonyl (C=O) groups is 2. The maximum absolute atomic E-state index is 12.9. The van der Waals surface area contributed by atoms with Crippen molar-refractivity contribution >= 4 is 17.4 Å². The third-order valence-electron chi connectivity index (χ3n) is 4.76. The molecule has 0 N–H and O–H groups in total. The fourth-order valence-electron chi connectivity index (χ4n) is 3.66. The Balaban J connectivity index is 1.90. The van der Waals surface area contributed by atoms with Crippen molar-refractivity contribution in [3.63, 3.8) is 0 Å². The van der Waals surface area contributed by atoms with Crippen LogP contribution in [0.2, 0.25) is 0 Å². The first-order valence-electron chi connectivity index (χ1n) is 7.73. The standard InChI is InChI=1S/C19H17NO2/c1-12(21)14-10-9-13-5-4-8-17-15-6-2-3-7-16(15)19(22)20(17)18(13)11-14/h2-3,6-7,9-11,17H,4-5,8H2,1H3. The van der Waals surface area contributed by atoms with Crippen molar-refractivity contribution < 1.29 is 9.59 Å². The minimum absolute atomic E-state index is 0.0350. The van der Waals surface area contributed by atoms with E-state index in [1.807, 2.05) is 41.3 Å². The topological polar surface area (TPSA) is 37.4 Å². The van der Waals surface area contributed by atoms with E-state index in [1.165, 1.54) is 0 Å². The van der Waals surface area contributed by atoms with E-state index in [2.05, 4.69) is 6.07 Å². The summed E-state index contributed by atoms with van der Waals surface area (Å²) >= 11 is 0. The molecule has 2 heterocycles. The lowest BCUT2D eigenvalue weighted by Gasteiger charge is -2.25. The number of carbonyl (C=O) groups excluding carboxylic acids is 2. The minimum Gasteiger partial charge on any atom is -0.301 e. The zero-order chi connectivity index (χ0) is 15.3. The van der Waals surface area contributed by atoms with Gasteiger partial charge in [0.15, 0.2) is 5.78 Å². The highest BCUT2D eigenvalue weighted by Crippen LogP contribution is 2.44. The highest BCUT2D eigenvalue weighted by Gasteiger charge is 2.39. The average Bonchev–Trinajstić information content (AvgIpc) is 2.69. The van der Waals surface area contributed by atoms with E-state index < -0.39 is 0 Å². The molecule has 3 nitrogen and oxygen atoms in total. The van der Waals surface area contributed by atoms with E-state index in [0.29, 0.717) is 5.56 Å². The molecule has 3 heteroatoms. The molecule has 2 aliphatic heterocycles. The van der Waals surface area contributed by atoms with Crippen molar-refractivity contribution in [3.8, 4) is 0 Å². The van der Waals surface area contributed by atoms with Gasteiger partial charge in [0.05, 0.1) is 6.04 Å². The monoisotopic (exact) mass is 291 g/mol. The molecule has 0 bridgehead atoms. The number of ketones is 1. The second kappa shape index (κ2) is 4.80. The molecular formula is C19H17NO2. The van der Waals surface area contributed by atoms with Crippen molar-refractivity contribution in [2.75, 3.05) is 4.90 Å². The Labute approximate surface area is 129 Å². The second-order valence-corrected chi connectivity index (χ2v) is 6.07. The number of rotatable bonds is 1. The zero-order valence-corrected chi connectivity index (χ0v) is 12.5. The van der Waals surface area contributed by atoms with Gasteiger partial charge in [-0.05, 0) is 49.4 Å². The molecular weight excluding hydrogens is 274 g/mol. The first-order chi connectivity index (χ1) is 10.7. The molecule has 110 valence electrons. The Hall–Kier alpha value is -2.42. The molecule has 1 amide bonds. The van der Waals surface area contributed by atoms with Crippen LogP contribution in [0, 0.1) is 0 Å². The molecule has 0 radical (unpaired) electrons. The van der Waals surface area contributed by atoms with Gasteiger partial charge in [0.1, 0.15) is 0 Å². The number of nitrogens with zero attached hydrogens (tertiary/aromatic N) is 1. The van der Waals surface area contributed by atoms with Gasteiger partial charge in [0.25, 0.3) is 5.91 Å². The van der Waals surface area contributed by atoms with Gasteiger partial charge in [-0.15, -0.1) is 0 Å². The van der Waals surface area contributed by atoms with Crippen molar-refractivity contribution in [3.05, 3.63) is 64.7 Å². The van der Waals surface area contributed by atoms with Crippen molar-refractivity contribution in [1.82, 2.24) is 0 Å². The summed E-state index contributed by atoms with van der Waals surface area (Å²) in [6.07, 6.45) is 2.97. The van der Waals surface area contributed by atoms with Crippen LogP contribution < -0.4 is 4.90 Å². The molecule has 0 aromatic heterocycles. The molecule has 0 fully saturated rings. The maximum atomic E-state index is 12.9. The quantitative estimate of drug-likeness (QED) is 0.747. The molecule has 0 aliphatic carbocycles. The summed E-state index contributed by atoms with van der Waals surface area (Å²) in [7, 11) is 0. The highest BCUT2D eigenvalue weighted by molar-refractivity contribution is 6.12. The Bertz CT molecular complexity index is 794. The smallest absolute Gasteiger partial charge is 0.259 e. The fourth-order valence-corrected chi connectivity index (χ4v) is 3.66. The zero-order valence-electron chi connectivity index (χ0n) is 12.5. The van der Waals surface area contributed by atoms with Crippen LogP contribution in [0.3, 0.4) is 0 Å². The first-order valence-corrected chi connectivity index (χ1v) is 7.73. The van der Waals surface area contributed by atoms with Crippen LogP contribution in [0.5, 0.6) is 0 Å². The number of hydrogen-bond acceptors (Lipinski definition) is 2. The first kappa shape index (κ1) is 13.3. The maximum Gasteiger partial charge on any atom is 0.259 e. The van der Waals surface area contributed by atoms with E-state index in [1.54, 1.807) is 6.92 Å². The van der Waals surface area contributed by atoms with Crippen LogP contribution in [0.1, 0.15) is 57.7 Å². The van der Waals surface area contributed by atoms with Crippen LogP contribution >= 0.6 is 0 Å². The Kier molecular flexibility index (Phi) is 2.89. The van der Waals surface area contributed by atoms with Crippen LogP contribution in [-0.2, 0) is 6.42 Å². The largest absolute Gasteiger partial charge is 0.301 e. The minimum atomic E-state index is 0.0350. The van der Waals surface area contributed by atoms with Crippen molar-refractivity contribution in [1.29, 1.82) is 0 Å². The van der Waals surface area contributed by atoms with Gasteiger partial charge in [0, 0.05) is 16.8 Å². The van der Waals surface area contributed by atoms with E-state index >= 15 is 0 Å². The molecule has 4 rings (SSSR count). The summed E-state index contributed by atoms with van der Waals surface area (Å²) < 4.78 is 0. The lowest BCUT2D eigenvalue weighted by molar-refractivity contribution is 0.0986. The summed E-state index contributed by atoms with van der Waals surface area (Å²) in [4.78, 5) is 26.5. The number of anilines is 1. The van der Waals surface area contributed by atoms with Gasteiger partial charge in [0.2, 0.25) is 0 Å². The third-order valence-corrected chi connectivity index (χ3v) is 4.76. The van der Waals surface area contributed by atoms with Gasteiger partial charge in [-0.3, -0.25) is 9.59 Å². The number of aryl methyl sites for hydroxylation is 1. The summed E-state index contributed by atoms with van der Waals surface area (Å²) in [5, 5.41) is 0. The molecule has 2 aliphatic rings. The van der Waals surface area contributed by atoms with E-state index in [-0.39, 0.29) is 17.7 Å².